The van der Waals surface area contributed by atoms with Crippen molar-refractivity contribution in [3.63, 3.8) is 0 Å². The van der Waals surface area contributed by atoms with Crippen LogP contribution in [0, 0.1) is 0 Å². The lowest BCUT2D eigenvalue weighted by molar-refractivity contribution is 0.0940. The van der Waals surface area contributed by atoms with Gasteiger partial charge in [0, 0.05) is 11.3 Å². The predicted molar refractivity (Wildman–Crippen MR) is 96.2 cm³/mol. The fraction of sp³-hybridized carbons (Fsp3) is 0.176. The molecule has 1 atom stereocenters. The van der Waals surface area contributed by atoms with Crippen LogP contribution in [0.4, 0.5) is 10.5 Å². The van der Waals surface area contributed by atoms with Gasteiger partial charge in [0.2, 0.25) is 0 Å². The molecule has 0 heterocycles. The van der Waals surface area contributed by atoms with Crippen molar-refractivity contribution in [3.05, 3.63) is 58.1 Å². The van der Waals surface area contributed by atoms with Gasteiger partial charge < -0.3 is 21.1 Å². The highest BCUT2D eigenvalue weighted by Gasteiger charge is 2.13. The lowest BCUT2D eigenvalue weighted by atomic mass is 10.1. The number of carbonyl (C=O) groups excluding carboxylic acids is 2. The highest BCUT2D eigenvalue weighted by Crippen LogP contribution is 2.28. The molecule has 0 saturated heterocycles. The van der Waals surface area contributed by atoms with E-state index in [1.54, 1.807) is 31.4 Å². The van der Waals surface area contributed by atoms with Crippen LogP contribution in [0.3, 0.4) is 0 Å². The topological polar surface area (TPSA) is 93.4 Å². The molecule has 0 radical (unpaired) electrons. The lowest BCUT2D eigenvalue weighted by Gasteiger charge is -2.16. The van der Waals surface area contributed by atoms with Crippen molar-refractivity contribution in [1.82, 2.24) is 5.32 Å². The number of methoxy groups -OCH3 is 1. The molecule has 2 rings (SSSR count). The first kappa shape index (κ1) is 17.8. The van der Waals surface area contributed by atoms with Crippen LogP contribution >= 0.6 is 15.9 Å². The largest absolute Gasteiger partial charge is 0.496 e. The molecule has 0 aliphatic heterocycles. The Balaban J connectivity index is 2.11. The average molecular weight is 392 g/mol. The highest BCUT2D eigenvalue weighted by molar-refractivity contribution is 9.10. The van der Waals surface area contributed by atoms with Crippen molar-refractivity contribution in [3.8, 4) is 5.75 Å². The van der Waals surface area contributed by atoms with Gasteiger partial charge in [-0.05, 0) is 58.7 Å². The van der Waals surface area contributed by atoms with Crippen molar-refractivity contribution in [2.45, 2.75) is 13.0 Å². The summed E-state index contributed by atoms with van der Waals surface area (Å²) in [5.74, 6) is 0.477. The maximum atomic E-state index is 12.4. The molecular weight excluding hydrogens is 374 g/mol. The van der Waals surface area contributed by atoms with Gasteiger partial charge in [-0.1, -0.05) is 12.1 Å². The third-order valence-corrected chi connectivity index (χ3v) is 4.04. The predicted octanol–water partition coefficient (Wildman–Crippen LogP) is 3.44. The van der Waals surface area contributed by atoms with Gasteiger partial charge in [-0.2, -0.15) is 0 Å². The van der Waals surface area contributed by atoms with Crippen LogP contribution in [-0.2, 0) is 0 Å². The van der Waals surface area contributed by atoms with Crippen molar-refractivity contribution in [2.24, 2.45) is 5.73 Å². The van der Waals surface area contributed by atoms with E-state index >= 15 is 0 Å². The van der Waals surface area contributed by atoms with Crippen LogP contribution in [0.25, 0.3) is 0 Å². The molecular formula is C17H18BrN3O3. The smallest absolute Gasteiger partial charge is 0.316 e. The van der Waals surface area contributed by atoms with E-state index in [9.17, 15) is 9.59 Å². The van der Waals surface area contributed by atoms with E-state index in [1.807, 2.05) is 25.1 Å². The van der Waals surface area contributed by atoms with Gasteiger partial charge in [-0.25, -0.2) is 4.79 Å². The summed E-state index contributed by atoms with van der Waals surface area (Å²) in [6.07, 6.45) is 0. The number of anilines is 1. The fourth-order valence-electron chi connectivity index (χ4n) is 2.20. The second kappa shape index (κ2) is 7.83. The summed E-state index contributed by atoms with van der Waals surface area (Å²) in [4.78, 5) is 23.3. The number of amides is 3. The average Bonchev–Trinajstić information content (AvgIpc) is 2.54. The Hall–Kier alpha value is -2.54. The first-order chi connectivity index (χ1) is 11.4. The van der Waals surface area contributed by atoms with Crippen molar-refractivity contribution < 1.29 is 14.3 Å². The molecule has 4 N–H and O–H groups in total. The van der Waals surface area contributed by atoms with Crippen LogP contribution < -0.4 is 21.1 Å². The molecule has 0 unspecified atom stereocenters. The maximum Gasteiger partial charge on any atom is 0.316 e. The van der Waals surface area contributed by atoms with E-state index in [0.29, 0.717) is 11.3 Å². The monoisotopic (exact) mass is 391 g/mol. The number of benzene rings is 2. The molecule has 126 valence electrons. The summed E-state index contributed by atoms with van der Waals surface area (Å²) in [7, 11) is 1.60. The summed E-state index contributed by atoms with van der Waals surface area (Å²) < 4.78 is 6.01. The summed E-state index contributed by atoms with van der Waals surface area (Å²) in [5, 5.41) is 5.36. The number of hydrogen-bond acceptors (Lipinski definition) is 3. The third-order valence-electron chi connectivity index (χ3n) is 3.42. The SMILES string of the molecule is COc1ccc([C@@H](C)NC(=O)c2cccc(NC(N)=O)c2)cc1Br. The summed E-state index contributed by atoms with van der Waals surface area (Å²) in [6.45, 7) is 1.89. The molecule has 2 aromatic carbocycles. The van der Waals surface area contributed by atoms with E-state index in [-0.39, 0.29) is 11.9 Å². The standard InChI is InChI=1S/C17H18BrN3O3/c1-10(11-6-7-15(24-2)14(18)9-11)20-16(22)12-4-3-5-13(8-12)21-17(19)23/h3-10H,1-2H3,(H,20,22)(H3,19,21,23)/t10-/m1/s1. The van der Waals surface area contributed by atoms with Crippen LogP contribution in [0.1, 0.15) is 28.9 Å². The summed E-state index contributed by atoms with van der Waals surface area (Å²) in [6, 6.07) is 11.3. The molecule has 0 bridgehead atoms. The Morgan fingerprint density at radius 2 is 1.96 bits per heavy atom. The number of nitrogens with one attached hydrogen (secondary N) is 2. The molecule has 0 spiro atoms. The Labute approximate surface area is 148 Å². The summed E-state index contributed by atoms with van der Waals surface area (Å²) >= 11 is 3.43. The first-order valence-corrected chi connectivity index (χ1v) is 8.01. The number of urea groups is 1. The lowest BCUT2D eigenvalue weighted by Crippen LogP contribution is -2.27. The molecule has 24 heavy (non-hydrogen) atoms. The molecule has 0 fully saturated rings. The maximum absolute atomic E-state index is 12.4. The van der Waals surface area contributed by atoms with Gasteiger partial charge in [0.05, 0.1) is 17.6 Å². The number of carbonyl (C=O) groups is 2. The normalized spacial score (nSPS) is 11.5. The van der Waals surface area contributed by atoms with Crippen molar-refractivity contribution >= 4 is 33.6 Å². The van der Waals surface area contributed by atoms with Crippen LogP contribution in [0.5, 0.6) is 5.75 Å². The first-order valence-electron chi connectivity index (χ1n) is 7.21. The molecule has 3 amide bonds. The molecule has 7 heteroatoms. The number of halogens is 1. The van der Waals surface area contributed by atoms with Crippen molar-refractivity contribution in [1.29, 1.82) is 0 Å². The zero-order valence-electron chi connectivity index (χ0n) is 13.3. The van der Waals surface area contributed by atoms with Gasteiger partial charge in [-0.15, -0.1) is 0 Å². The van der Waals surface area contributed by atoms with Crippen molar-refractivity contribution in [2.75, 3.05) is 12.4 Å². The van der Waals surface area contributed by atoms with Crippen LogP contribution in [0.2, 0.25) is 0 Å². The number of nitrogens with two attached hydrogens (primary N) is 1. The minimum absolute atomic E-state index is 0.201. The van der Waals surface area contributed by atoms with Gasteiger partial charge in [0.25, 0.3) is 5.91 Å². The van der Waals surface area contributed by atoms with Gasteiger partial charge >= 0.3 is 6.03 Å². The van der Waals surface area contributed by atoms with Crippen LogP contribution in [0.15, 0.2) is 46.9 Å². The Morgan fingerprint density at radius 3 is 2.58 bits per heavy atom. The molecule has 0 aromatic heterocycles. The van der Waals surface area contributed by atoms with E-state index < -0.39 is 6.03 Å². The Bertz CT molecular complexity index is 764. The van der Waals surface area contributed by atoms with Gasteiger partial charge in [-0.3, -0.25) is 4.79 Å². The van der Waals surface area contributed by atoms with Gasteiger partial charge in [0.1, 0.15) is 5.75 Å². The third kappa shape index (κ3) is 4.48. The fourth-order valence-corrected chi connectivity index (χ4v) is 2.75. The molecule has 0 saturated carbocycles. The molecule has 0 aliphatic carbocycles. The quantitative estimate of drug-likeness (QED) is 0.728. The van der Waals surface area contributed by atoms with E-state index in [2.05, 4.69) is 26.6 Å². The number of ether oxygens (including phenoxy) is 1. The number of hydrogen-bond donors (Lipinski definition) is 3. The zero-order valence-corrected chi connectivity index (χ0v) is 14.9. The second-order valence-corrected chi connectivity index (χ2v) is 6.01. The van der Waals surface area contributed by atoms with E-state index in [1.165, 1.54) is 0 Å². The molecule has 6 nitrogen and oxygen atoms in total. The Morgan fingerprint density at radius 1 is 1.21 bits per heavy atom. The van der Waals surface area contributed by atoms with Gasteiger partial charge in [0.15, 0.2) is 0 Å². The molecule has 0 aliphatic rings. The Kier molecular flexibility index (Phi) is 5.81. The van der Waals surface area contributed by atoms with Crippen LogP contribution in [-0.4, -0.2) is 19.0 Å². The minimum atomic E-state index is -0.677. The number of primary amides is 1. The molecule has 2 aromatic rings. The van der Waals surface area contributed by atoms with E-state index in [4.69, 9.17) is 10.5 Å². The zero-order chi connectivity index (χ0) is 17.7. The number of rotatable bonds is 5. The highest BCUT2D eigenvalue weighted by atomic mass is 79.9. The second-order valence-electron chi connectivity index (χ2n) is 5.16. The summed E-state index contributed by atoms with van der Waals surface area (Å²) in [5.41, 5.74) is 6.91. The minimum Gasteiger partial charge on any atom is -0.496 e. The van der Waals surface area contributed by atoms with E-state index in [0.717, 1.165) is 15.8 Å².